The van der Waals surface area contributed by atoms with Crippen LogP contribution in [-0.4, -0.2) is 62.3 Å². The Labute approximate surface area is 150 Å². The number of sulfonamides is 1. The Balaban J connectivity index is 1.65. The maximum atomic E-state index is 12.9. The Morgan fingerprint density at radius 2 is 1.76 bits per heavy atom. The van der Waals surface area contributed by atoms with Gasteiger partial charge >= 0.3 is 0 Å². The molecule has 1 aromatic rings. The predicted octanol–water partition coefficient (Wildman–Crippen LogP) is 1.30. The van der Waals surface area contributed by atoms with Crippen molar-refractivity contribution in [1.82, 2.24) is 14.5 Å². The smallest absolute Gasteiger partial charge is 0.243 e. The summed E-state index contributed by atoms with van der Waals surface area (Å²) >= 11 is 0. The second kappa shape index (κ2) is 7.05. The molecule has 0 bridgehead atoms. The van der Waals surface area contributed by atoms with Crippen molar-refractivity contribution in [1.29, 1.82) is 0 Å². The van der Waals surface area contributed by atoms with Crippen LogP contribution in [0.15, 0.2) is 35.2 Å². The van der Waals surface area contributed by atoms with Crippen LogP contribution in [0.5, 0.6) is 0 Å². The highest BCUT2D eigenvalue weighted by Gasteiger charge is 2.40. The second-order valence-corrected chi connectivity index (χ2v) is 9.46. The van der Waals surface area contributed by atoms with Gasteiger partial charge in [0.05, 0.1) is 10.9 Å². The molecule has 2 saturated heterocycles. The van der Waals surface area contributed by atoms with E-state index in [0.29, 0.717) is 31.1 Å². The van der Waals surface area contributed by atoms with Crippen LogP contribution in [0.1, 0.15) is 26.7 Å². The number of piperidine rings is 1. The summed E-state index contributed by atoms with van der Waals surface area (Å²) < 4.78 is 26.8. The molecule has 138 valence electrons. The molecule has 6 nitrogen and oxygen atoms in total. The summed E-state index contributed by atoms with van der Waals surface area (Å²) in [6.45, 7) is 6.68. The minimum absolute atomic E-state index is 0.0669. The summed E-state index contributed by atoms with van der Waals surface area (Å²) in [5.41, 5.74) is -0.0669. The second-order valence-electron chi connectivity index (χ2n) is 7.52. The lowest BCUT2D eigenvalue weighted by Crippen LogP contribution is -2.60. The zero-order chi connectivity index (χ0) is 18.1. The molecular formula is C18H27N3O3S. The van der Waals surface area contributed by atoms with Crippen LogP contribution in [0.25, 0.3) is 0 Å². The zero-order valence-electron chi connectivity index (χ0n) is 14.9. The van der Waals surface area contributed by atoms with Gasteiger partial charge in [-0.05, 0) is 36.9 Å². The van der Waals surface area contributed by atoms with Crippen LogP contribution in [0, 0.1) is 5.41 Å². The Morgan fingerprint density at radius 1 is 1.12 bits per heavy atom. The lowest BCUT2D eigenvalue weighted by Gasteiger charge is -2.42. The van der Waals surface area contributed by atoms with Gasteiger partial charge in [0.25, 0.3) is 0 Å². The average molecular weight is 365 g/mol. The highest BCUT2D eigenvalue weighted by molar-refractivity contribution is 7.89. The van der Waals surface area contributed by atoms with E-state index in [9.17, 15) is 13.2 Å². The number of hydrogen-bond acceptors (Lipinski definition) is 4. The first-order valence-corrected chi connectivity index (χ1v) is 10.3. The molecule has 0 aliphatic carbocycles. The lowest BCUT2D eigenvalue weighted by atomic mass is 9.77. The van der Waals surface area contributed by atoms with E-state index in [1.54, 1.807) is 30.3 Å². The fraction of sp³-hybridized carbons (Fsp3) is 0.611. The third-order valence-electron chi connectivity index (χ3n) is 5.31. The molecule has 7 heteroatoms. The monoisotopic (exact) mass is 365 g/mol. The molecule has 1 aromatic carbocycles. The summed E-state index contributed by atoms with van der Waals surface area (Å²) in [5, 5.41) is 3.35. The minimum atomic E-state index is -3.48. The van der Waals surface area contributed by atoms with Crippen molar-refractivity contribution in [2.45, 2.75) is 37.6 Å². The SMILES string of the molecule is CC1(C)CCCNC1C(=O)N1CCN(S(=O)(=O)c2ccccc2)CC1. The van der Waals surface area contributed by atoms with E-state index in [2.05, 4.69) is 19.2 Å². The van der Waals surface area contributed by atoms with Gasteiger partial charge in [-0.15, -0.1) is 0 Å². The van der Waals surface area contributed by atoms with Gasteiger partial charge in [0, 0.05) is 26.2 Å². The molecule has 1 amide bonds. The Kier molecular flexibility index (Phi) is 5.18. The van der Waals surface area contributed by atoms with Crippen LogP contribution >= 0.6 is 0 Å². The molecule has 1 atom stereocenters. The van der Waals surface area contributed by atoms with Gasteiger partial charge in [-0.3, -0.25) is 4.79 Å². The minimum Gasteiger partial charge on any atom is -0.339 e. The van der Waals surface area contributed by atoms with Crippen molar-refractivity contribution in [2.24, 2.45) is 5.41 Å². The van der Waals surface area contributed by atoms with Crippen molar-refractivity contribution in [3.05, 3.63) is 30.3 Å². The Morgan fingerprint density at radius 3 is 2.36 bits per heavy atom. The molecule has 2 fully saturated rings. The van der Waals surface area contributed by atoms with E-state index in [4.69, 9.17) is 0 Å². The van der Waals surface area contributed by atoms with Crippen molar-refractivity contribution >= 4 is 15.9 Å². The van der Waals surface area contributed by atoms with Crippen LogP contribution in [-0.2, 0) is 14.8 Å². The number of amides is 1. The highest BCUT2D eigenvalue weighted by atomic mass is 32.2. The molecule has 0 radical (unpaired) electrons. The molecule has 0 saturated carbocycles. The van der Waals surface area contributed by atoms with Crippen molar-refractivity contribution in [3.8, 4) is 0 Å². The molecule has 1 unspecified atom stereocenters. The predicted molar refractivity (Wildman–Crippen MR) is 96.6 cm³/mol. The molecule has 0 spiro atoms. The van der Waals surface area contributed by atoms with Gasteiger partial charge in [-0.2, -0.15) is 4.31 Å². The largest absolute Gasteiger partial charge is 0.339 e. The van der Waals surface area contributed by atoms with Crippen molar-refractivity contribution < 1.29 is 13.2 Å². The molecule has 2 aliphatic heterocycles. The van der Waals surface area contributed by atoms with E-state index in [0.717, 1.165) is 19.4 Å². The van der Waals surface area contributed by atoms with Crippen LogP contribution < -0.4 is 5.32 Å². The van der Waals surface area contributed by atoms with Crippen LogP contribution in [0.2, 0.25) is 0 Å². The lowest BCUT2D eigenvalue weighted by molar-refractivity contribution is -0.138. The molecule has 25 heavy (non-hydrogen) atoms. The average Bonchev–Trinajstić information content (AvgIpc) is 2.62. The number of rotatable bonds is 3. The fourth-order valence-electron chi connectivity index (χ4n) is 3.71. The molecule has 3 rings (SSSR count). The quantitative estimate of drug-likeness (QED) is 0.877. The number of carbonyl (C=O) groups excluding carboxylic acids is 1. The topological polar surface area (TPSA) is 69.7 Å². The van der Waals surface area contributed by atoms with E-state index < -0.39 is 10.0 Å². The van der Waals surface area contributed by atoms with Gasteiger partial charge in [-0.1, -0.05) is 32.0 Å². The first-order chi connectivity index (χ1) is 11.8. The molecule has 0 aromatic heterocycles. The maximum absolute atomic E-state index is 12.9. The number of carbonyl (C=O) groups is 1. The standard InChI is InChI=1S/C18H27N3O3S/c1-18(2)9-6-10-19-16(18)17(22)20-11-13-21(14-12-20)25(23,24)15-7-4-3-5-8-15/h3-5,7-8,16,19H,6,9-14H2,1-2H3. The fourth-order valence-corrected chi connectivity index (χ4v) is 5.15. The van der Waals surface area contributed by atoms with E-state index in [1.807, 2.05) is 4.90 Å². The Bertz CT molecular complexity index is 710. The first-order valence-electron chi connectivity index (χ1n) is 8.90. The number of benzene rings is 1. The summed E-state index contributed by atoms with van der Waals surface area (Å²) in [6.07, 6.45) is 2.11. The normalized spacial score (nSPS) is 24.9. The number of hydrogen-bond donors (Lipinski definition) is 1. The summed E-state index contributed by atoms with van der Waals surface area (Å²) in [6, 6.07) is 8.29. The van der Waals surface area contributed by atoms with Gasteiger partial charge in [0.15, 0.2) is 0 Å². The molecule has 2 heterocycles. The van der Waals surface area contributed by atoms with E-state index in [1.165, 1.54) is 4.31 Å². The molecule has 2 aliphatic rings. The third kappa shape index (κ3) is 3.73. The van der Waals surface area contributed by atoms with Crippen LogP contribution in [0.4, 0.5) is 0 Å². The molecule has 1 N–H and O–H groups in total. The highest BCUT2D eigenvalue weighted by Crippen LogP contribution is 2.31. The summed E-state index contributed by atoms with van der Waals surface area (Å²) in [4.78, 5) is 15.0. The van der Waals surface area contributed by atoms with E-state index in [-0.39, 0.29) is 17.4 Å². The first kappa shape index (κ1) is 18.4. The van der Waals surface area contributed by atoms with E-state index >= 15 is 0 Å². The van der Waals surface area contributed by atoms with Crippen LogP contribution in [0.3, 0.4) is 0 Å². The van der Waals surface area contributed by atoms with Crippen molar-refractivity contribution in [3.63, 3.8) is 0 Å². The summed E-state index contributed by atoms with van der Waals surface area (Å²) in [7, 11) is -3.48. The van der Waals surface area contributed by atoms with Gasteiger partial charge in [0.2, 0.25) is 15.9 Å². The summed E-state index contributed by atoms with van der Waals surface area (Å²) in [5.74, 6) is 0.0986. The number of piperazine rings is 1. The maximum Gasteiger partial charge on any atom is 0.243 e. The zero-order valence-corrected chi connectivity index (χ0v) is 15.8. The number of nitrogens with zero attached hydrogens (tertiary/aromatic N) is 2. The molecular weight excluding hydrogens is 338 g/mol. The third-order valence-corrected chi connectivity index (χ3v) is 7.22. The Hall–Kier alpha value is -1.44. The van der Waals surface area contributed by atoms with Gasteiger partial charge in [-0.25, -0.2) is 8.42 Å². The number of nitrogens with one attached hydrogen (secondary N) is 1. The van der Waals surface area contributed by atoms with Gasteiger partial charge < -0.3 is 10.2 Å². The van der Waals surface area contributed by atoms with Crippen molar-refractivity contribution in [2.75, 3.05) is 32.7 Å². The van der Waals surface area contributed by atoms with Gasteiger partial charge in [0.1, 0.15) is 0 Å².